The summed E-state index contributed by atoms with van der Waals surface area (Å²) in [7, 11) is 14.4. The third-order valence-corrected chi connectivity index (χ3v) is 11.6. The predicted octanol–water partition coefficient (Wildman–Crippen LogP) is 8.93. The predicted molar refractivity (Wildman–Crippen MR) is 146 cm³/mol. The average molecular weight is 571 g/mol. The van der Waals surface area contributed by atoms with Crippen LogP contribution in [-0.2, 0) is 18.9 Å². The molecule has 0 saturated carbocycles. The molecule has 5 aromatic rings. The van der Waals surface area contributed by atoms with Crippen LogP contribution in [0.25, 0.3) is 32.7 Å². The second kappa shape index (κ2) is 13.0. The van der Waals surface area contributed by atoms with Crippen molar-refractivity contribution in [2.24, 2.45) is 0 Å². The zero-order chi connectivity index (χ0) is 24.5. The molecule has 0 unspecified atom stereocenters. The Kier molecular flexibility index (Phi) is 10.1. The van der Waals surface area contributed by atoms with Gasteiger partial charge in [-0.05, 0) is 6.07 Å². The van der Waals surface area contributed by atoms with Crippen LogP contribution < -0.4 is 9.47 Å². The van der Waals surface area contributed by atoms with E-state index in [9.17, 15) is 0 Å². The Morgan fingerprint density at radius 1 is 0.735 bits per heavy atom. The van der Waals surface area contributed by atoms with Crippen molar-refractivity contribution in [3.8, 4) is 22.6 Å². The van der Waals surface area contributed by atoms with Crippen molar-refractivity contribution < 1.29 is 28.4 Å². The maximum absolute atomic E-state index is 5.54. The Balaban J connectivity index is 0.000000156. The van der Waals surface area contributed by atoms with E-state index in [-0.39, 0.29) is 0 Å². The number of fused-ring (bicyclic) bond motifs is 3. The van der Waals surface area contributed by atoms with Crippen LogP contribution in [0.15, 0.2) is 97.1 Å². The van der Waals surface area contributed by atoms with Crippen LogP contribution in [0.1, 0.15) is 13.8 Å². The van der Waals surface area contributed by atoms with Crippen molar-refractivity contribution in [2.45, 2.75) is 13.8 Å². The van der Waals surface area contributed by atoms with Crippen LogP contribution in [-0.4, -0.2) is 17.4 Å². The Bertz CT molecular complexity index is 1300. The van der Waals surface area contributed by atoms with Crippen molar-refractivity contribution >= 4 is 41.8 Å². The first-order valence-electron chi connectivity index (χ1n) is 10.9. The molecule has 5 aromatic carbocycles. The SMILES string of the molecule is COc1cccc(-c2ccc[cH-]2)c1OC.C[C](C)=[Zr]([Cl])[Cl].c1ccc2c(c1)[cH-]c1ccccc12. The third kappa shape index (κ3) is 6.69. The molecular weight excluding hydrogens is 542 g/mol. The summed E-state index contributed by atoms with van der Waals surface area (Å²) in [6.45, 7) is 3.96. The maximum Gasteiger partial charge on any atom is -0.0771 e. The normalized spacial score (nSPS) is 10.1. The minimum atomic E-state index is -1.84. The van der Waals surface area contributed by atoms with Gasteiger partial charge in [0.2, 0.25) is 0 Å². The number of rotatable bonds is 3. The van der Waals surface area contributed by atoms with Crippen LogP contribution in [0.4, 0.5) is 0 Å². The van der Waals surface area contributed by atoms with Gasteiger partial charge in [-0.1, -0.05) is 54.1 Å². The van der Waals surface area contributed by atoms with E-state index in [0.717, 1.165) is 22.6 Å². The molecule has 0 spiro atoms. The largest absolute Gasteiger partial charge is 0.126 e. The van der Waals surface area contributed by atoms with Crippen molar-refractivity contribution in [3.63, 3.8) is 0 Å². The Hall–Kier alpha value is -2.19. The van der Waals surface area contributed by atoms with E-state index in [1.54, 1.807) is 14.2 Å². The van der Waals surface area contributed by atoms with Gasteiger partial charge >= 0.3 is 53.0 Å². The van der Waals surface area contributed by atoms with E-state index in [1.165, 1.54) is 24.8 Å². The Morgan fingerprint density at radius 3 is 1.79 bits per heavy atom. The molecule has 5 heteroatoms. The summed E-state index contributed by atoms with van der Waals surface area (Å²) in [4.78, 5) is 0. The van der Waals surface area contributed by atoms with E-state index in [4.69, 9.17) is 26.5 Å². The standard InChI is InChI=1S/C13H13O2.C13H9.C3H6.2ClH.Zr/c1-14-12-9-5-8-11(13(12)15-2)10-6-3-4-7-10;1-3-7-12-10(5-1)9-11-6-2-4-8-13(11)12;1-3-2;;;/h3-9H,1-2H3;1-9H;1-2H3;2*1H;/q2*-1;;;;+2/p-2. The minimum Gasteiger partial charge on any atom is -0.126 e. The second-order valence-corrected chi connectivity index (χ2v) is 17.1. The smallest absolute Gasteiger partial charge is 0.0771 e. The summed E-state index contributed by atoms with van der Waals surface area (Å²) in [5, 5.41) is 5.39. The third-order valence-electron chi connectivity index (χ3n) is 5.28. The first kappa shape index (κ1) is 26.4. The Labute approximate surface area is 216 Å². The summed E-state index contributed by atoms with van der Waals surface area (Å²) in [5.41, 5.74) is 2.20. The maximum atomic E-state index is 5.54. The molecular formula is C29H28Cl2O2Zr-2. The second-order valence-electron chi connectivity index (χ2n) is 7.79. The number of hydrogen-bond acceptors (Lipinski definition) is 2. The quantitative estimate of drug-likeness (QED) is 0.202. The number of hydrogen-bond donors (Lipinski definition) is 0. The first-order chi connectivity index (χ1) is 16.5. The summed E-state index contributed by atoms with van der Waals surface area (Å²) < 4.78 is 11.9. The van der Waals surface area contributed by atoms with Crippen LogP contribution in [0, 0.1) is 0 Å². The molecule has 0 amide bonds. The molecule has 0 N–H and O–H groups in total. The first-order valence-corrected chi connectivity index (χ1v) is 18.5. The molecule has 0 aliphatic heterocycles. The van der Waals surface area contributed by atoms with Crippen LogP contribution in [0.2, 0.25) is 0 Å². The van der Waals surface area contributed by atoms with Gasteiger partial charge in [-0.15, -0.1) is 51.4 Å². The molecule has 0 aromatic heterocycles. The fourth-order valence-corrected chi connectivity index (χ4v) is 3.57. The van der Waals surface area contributed by atoms with Crippen LogP contribution in [0.5, 0.6) is 11.5 Å². The molecule has 0 bridgehead atoms. The molecule has 2 nitrogen and oxygen atoms in total. The van der Waals surface area contributed by atoms with Crippen molar-refractivity contribution in [2.75, 3.05) is 14.2 Å². The molecule has 0 atom stereocenters. The number of methoxy groups -OCH3 is 2. The summed E-state index contributed by atoms with van der Waals surface area (Å²) in [5.74, 6) is 1.54. The molecule has 0 saturated heterocycles. The number of ether oxygens (including phenoxy) is 2. The fourth-order valence-electron chi connectivity index (χ4n) is 3.57. The van der Waals surface area contributed by atoms with Crippen molar-refractivity contribution in [1.29, 1.82) is 0 Å². The molecule has 0 radical (unpaired) electrons. The number of benzene rings is 3. The molecule has 0 aliphatic carbocycles. The summed E-state index contributed by atoms with van der Waals surface area (Å²) in [6, 6.07) is 33.3. The minimum absolute atomic E-state index is 0.760. The zero-order valence-electron chi connectivity index (χ0n) is 19.8. The average Bonchev–Trinajstić information content (AvgIpc) is 3.52. The topological polar surface area (TPSA) is 18.5 Å². The Morgan fingerprint density at radius 2 is 1.32 bits per heavy atom. The van der Waals surface area contributed by atoms with Crippen LogP contribution >= 0.6 is 17.0 Å². The van der Waals surface area contributed by atoms with Gasteiger partial charge in [0.25, 0.3) is 0 Å². The van der Waals surface area contributed by atoms with E-state index in [0.29, 0.717) is 0 Å². The summed E-state index contributed by atoms with van der Waals surface area (Å²) >= 11 is -1.84. The van der Waals surface area contributed by atoms with Gasteiger partial charge in [-0.2, -0.15) is 18.2 Å². The van der Waals surface area contributed by atoms with E-state index < -0.39 is 18.9 Å². The zero-order valence-corrected chi connectivity index (χ0v) is 23.8. The van der Waals surface area contributed by atoms with Gasteiger partial charge in [-0.3, -0.25) is 0 Å². The molecule has 0 fully saturated rings. The molecule has 0 aliphatic rings. The van der Waals surface area contributed by atoms with Gasteiger partial charge < -0.3 is 9.47 Å². The van der Waals surface area contributed by atoms with Crippen molar-refractivity contribution in [1.82, 2.24) is 0 Å². The van der Waals surface area contributed by atoms with Gasteiger partial charge in [-0.25, -0.2) is 0 Å². The molecule has 34 heavy (non-hydrogen) atoms. The van der Waals surface area contributed by atoms with Gasteiger partial charge in [0.1, 0.15) is 5.75 Å². The monoisotopic (exact) mass is 568 g/mol. The van der Waals surface area contributed by atoms with Gasteiger partial charge in [0.15, 0.2) is 5.75 Å². The van der Waals surface area contributed by atoms with Gasteiger partial charge in [0.05, 0.1) is 14.2 Å². The molecule has 0 heterocycles. The summed E-state index contributed by atoms with van der Waals surface area (Å²) in [6.07, 6.45) is 0. The van der Waals surface area contributed by atoms with E-state index in [1.807, 2.05) is 44.2 Å². The van der Waals surface area contributed by atoms with Crippen LogP contribution in [0.3, 0.4) is 0 Å². The fraction of sp³-hybridized carbons (Fsp3) is 0.138. The molecule has 5 rings (SSSR count). The van der Waals surface area contributed by atoms with E-state index in [2.05, 4.69) is 66.7 Å². The van der Waals surface area contributed by atoms with Crippen molar-refractivity contribution in [3.05, 3.63) is 97.1 Å². The van der Waals surface area contributed by atoms with Gasteiger partial charge in [0, 0.05) is 0 Å². The number of para-hydroxylation sites is 1. The number of halogens is 2. The molecule has 176 valence electrons. The van der Waals surface area contributed by atoms with E-state index >= 15 is 0 Å².